The molecule has 2 aliphatic rings. The quantitative estimate of drug-likeness (QED) is 0.892. The Hall–Kier alpha value is -1.26. The fourth-order valence-corrected chi connectivity index (χ4v) is 2.61. The summed E-state index contributed by atoms with van der Waals surface area (Å²) in [4.78, 5) is 2.41. The zero-order valence-electron chi connectivity index (χ0n) is 11.3. The van der Waals surface area contributed by atoms with Gasteiger partial charge in [0.1, 0.15) is 5.75 Å². The third-order valence-corrected chi connectivity index (χ3v) is 3.83. The monoisotopic (exact) mass is 262 g/mol. The molecule has 2 saturated heterocycles. The van der Waals surface area contributed by atoms with Gasteiger partial charge in [0.05, 0.1) is 13.2 Å². The van der Waals surface area contributed by atoms with Crippen LogP contribution in [0.15, 0.2) is 24.3 Å². The van der Waals surface area contributed by atoms with Crippen molar-refractivity contribution in [2.45, 2.75) is 6.42 Å². The van der Waals surface area contributed by atoms with Crippen molar-refractivity contribution in [2.24, 2.45) is 5.92 Å². The Balaban J connectivity index is 1.52. The number of hydrogen-bond acceptors (Lipinski definition) is 4. The lowest BCUT2D eigenvalue weighted by Gasteiger charge is -2.29. The number of nitrogens with one attached hydrogen (secondary N) is 1. The molecule has 1 unspecified atom stereocenters. The average molecular weight is 262 g/mol. The predicted molar refractivity (Wildman–Crippen MR) is 75.9 cm³/mol. The highest BCUT2D eigenvalue weighted by molar-refractivity contribution is 5.49. The van der Waals surface area contributed by atoms with E-state index in [2.05, 4.69) is 34.5 Å². The molecular formula is C15H22N2O2. The number of ether oxygens (including phenoxy) is 2. The maximum absolute atomic E-state index is 5.82. The van der Waals surface area contributed by atoms with Crippen LogP contribution in [0.25, 0.3) is 0 Å². The number of rotatable bonds is 4. The van der Waals surface area contributed by atoms with Crippen LogP contribution in [0.3, 0.4) is 0 Å². The van der Waals surface area contributed by atoms with Gasteiger partial charge < -0.3 is 19.7 Å². The molecule has 1 N–H and O–H groups in total. The number of hydrogen-bond donors (Lipinski definition) is 1. The molecule has 104 valence electrons. The van der Waals surface area contributed by atoms with Gasteiger partial charge in [0.25, 0.3) is 0 Å². The van der Waals surface area contributed by atoms with Crippen LogP contribution in [0.2, 0.25) is 0 Å². The van der Waals surface area contributed by atoms with Crippen LogP contribution < -0.4 is 15.0 Å². The molecule has 3 rings (SSSR count). The molecule has 0 saturated carbocycles. The fraction of sp³-hybridized carbons (Fsp3) is 0.600. The van der Waals surface area contributed by atoms with Gasteiger partial charge in [-0.2, -0.15) is 0 Å². The lowest BCUT2D eigenvalue weighted by Crippen LogP contribution is -2.43. The maximum atomic E-state index is 5.82. The molecule has 4 nitrogen and oxygen atoms in total. The summed E-state index contributed by atoms with van der Waals surface area (Å²) >= 11 is 0. The zero-order valence-corrected chi connectivity index (χ0v) is 11.3. The van der Waals surface area contributed by atoms with Crippen molar-refractivity contribution in [3.8, 4) is 5.75 Å². The molecule has 0 bridgehead atoms. The van der Waals surface area contributed by atoms with Gasteiger partial charge in [0.2, 0.25) is 0 Å². The van der Waals surface area contributed by atoms with E-state index in [9.17, 15) is 0 Å². The van der Waals surface area contributed by atoms with Gasteiger partial charge in [-0.05, 0) is 30.7 Å². The van der Waals surface area contributed by atoms with E-state index in [1.54, 1.807) is 0 Å². The summed E-state index contributed by atoms with van der Waals surface area (Å²) in [6.07, 6.45) is 1.12. The van der Waals surface area contributed by atoms with Crippen LogP contribution in [-0.4, -0.2) is 46.0 Å². The van der Waals surface area contributed by atoms with E-state index in [4.69, 9.17) is 9.47 Å². The first-order valence-corrected chi connectivity index (χ1v) is 7.18. The minimum Gasteiger partial charge on any atom is -0.493 e. The van der Waals surface area contributed by atoms with Crippen LogP contribution in [0.5, 0.6) is 5.75 Å². The van der Waals surface area contributed by atoms with Gasteiger partial charge in [-0.3, -0.25) is 0 Å². The summed E-state index contributed by atoms with van der Waals surface area (Å²) in [6.45, 7) is 6.81. The Morgan fingerprint density at radius 1 is 1.21 bits per heavy atom. The summed E-state index contributed by atoms with van der Waals surface area (Å²) in [5.41, 5.74) is 1.29. The second kappa shape index (κ2) is 6.26. The molecule has 0 aromatic heterocycles. The van der Waals surface area contributed by atoms with E-state index < -0.39 is 0 Å². The lowest BCUT2D eigenvalue weighted by molar-refractivity contribution is 0.167. The zero-order chi connectivity index (χ0) is 12.9. The molecule has 0 spiro atoms. The molecule has 2 fully saturated rings. The van der Waals surface area contributed by atoms with E-state index in [0.29, 0.717) is 5.92 Å². The topological polar surface area (TPSA) is 33.7 Å². The highest BCUT2D eigenvalue weighted by Gasteiger charge is 2.16. The SMILES string of the molecule is c1cc(N2CCNCC2)ccc1OCC1CCOC1. The van der Waals surface area contributed by atoms with Crippen LogP contribution in [-0.2, 0) is 4.74 Å². The van der Waals surface area contributed by atoms with E-state index in [1.165, 1.54) is 5.69 Å². The van der Waals surface area contributed by atoms with Crippen LogP contribution in [0.1, 0.15) is 6.42 Å². The summed E-state index contributed by atoms with van der Waals surface area (Å²) in [6, 6.07) is 8.47. The standard InChI is InChI=1S/C15H22N2O2/c1-3-15(19-12-13-5-10-18-11-13)4-2-14(1)17-8-6-16-7-9-17/h1-4,13,16H,5-12H2. The Morgan fingerprint density at radius 3 is 2.68 bits per heavy atom. The molecule has 2 aliphatic heterocycles. The summed E-state index contributed by atoms with van der Waals surface area (Å²) in [5.74, 6) is 1.53. The molecule has 0 radical (unpaired) electrons. The molecule has 0 amide bonds. The van der Waals surface area contributed by atoms with Crippen molar-refractivity contribution in [3.05, 3.63) is 24.3 Å². The molecule has 4 heteroatoms. The van der Waals surface area contributed by atoms with Crippen molar-refractivity contribution < 1.29 is 9.47 Å². The molecular weight excluding hydrogens is 240 g/mol. The minimum absolute atomic E-state index is 0.563. The van der Waals surface area contributed by atoms with Gasteiger partial charge in [-0.1, -0.05) is 0 Å². The van der Waals surface area contributed by atoms with E-state index in [0.717, 1.165) is 58.2 Å². The van der Waals surface area contributed by atoms with Gasteiger partial charge >= 0.3 is 0 Å². The van der Waals surface area contributed by atoms with Gasteiger partial charge in [0.15, 0.2) is 0 Å². The number of benzene rings is 1. The number of piperazine rings is 1. The van der Waals surface area contributed by atoms with Crippen molar-refractivity contribution in [3.63, 3.8) is 0 Å². The van der Waals surface area contributed by atoms with Crippen LogP contribution >= 0.6 is 0 Å². The first-order valence-electron chi connectivity index (χ1n) is 7.18. The van der Waals surface area contributed by atoms with Crippen molar-refractivity contribution in [1.29, 1.82) is 0 Å². The largest absolute Gasteiger partial charge is 0.493 e. The number of nitrogens with zero attached hydrogens (tertiary/aromatic N) is 1. The molecule has 1 aromatic rings. The molecule has 1 atom stereocenters. The highest BCUT2D eigenvalue weighted by atomic mass is 16.5. The van der Waals surface area contributed by atoms with Crippen LogP contribution in [0, 0.1) is 5.92 Å². The first kappa shape index (κ1) is 12.8. The Labute approximate surface area is 114 Å². The second-order valence-electron chi connectivity index (χ2n) is 5.27. The van der Waals surface area contributed by atoms with Gasteiger partial charge in [-0.25, -0.2) is 0 Å². The minimum atomic E-state index is 0.563. The van der Waals surface area contributed by atoms with Crippen LogP contribution in [0.4, 0.5) is 5.69 Å². The summed E-state index contributed by atoms with van der Waals surface area (Å²) < 4.78 is 11.2. The Morgan fingerprint density at radius 2 is 2.00 bits per heavy atom. The third-order valence-electron chi connectivity index (χ3n) is 3.83. The summed E-state index contributed by atoms with van der Waals surface area (Å²) in [5, 5.41) is 3.37. The van der Waals surface area contributed by atoms with Gasteiger partial charge in [-0.15, -0.1) is 0 Å². The predicted octanol–water partition coefficient (Wildman–Crippen LogP) is 1.51. The molecule has 2 heterocycles. The highest BCUT2D eigenvalue weighted by Crippen LogP contribution is 2.21. The second-order valence-corrected chi connectivity index (χ2v) is 5.27. The Kier molecular flexibility index (Phi) is 4.20. The van der Waals surface area contributed by atoms with Crippen molar-refractivity contribution in [1.82, 2.24) is 5.32 Å². The van der Waals surface area contributed by atoms with Crippen molar-refractivity contribution in [2.75, 3.05) is 50.9 Å². The maximum Gasteiger partial charge on any atom is 0.119 e. The van der Waals surface area contributed by atoms with E-state index in [-0.39, 0.29) is 0 Å². The summed E-state index contributed by atoms with van der Waals surface area (Å²) in [7, 11) is 0. The van der Waals surface area contributed by atoms with Gasteiger partial charge in [0, 0.05) is 44.4 Å². The average Bonchev–Trinajstić information content (AvgIpc) is 3.00. The molecule has 19 heavy (non-hydrogen) atoms. The van der Waals surface area contributed by atoms with E-state index >= 15 is 0 Å². The normalized spacial score (nSPS) is 23.6. The molecule has 0 aliphatic carbocycles. The first-order chi connectivity index (χ1) is 9.42. The lowest BCUT2D eigenvalue weighted by atomic mass is 10.1. The third kappa shape index (κ3) is 3.39. The fourth-order valence-electron chi connectivity index (χ4n) is 2.61. The van der Waals surface area contributed by atoms with Crippen molar-refractivity contribution >= 4 is 5.69 Å². The van der Waals surface area contributed by atoms with E-state index in [1.807, 2.05) is 0 Å². The smallest absolute Gasteiger partial charge is 0.119 e. The molecule has 1 aromatic carbocycles. The Bertz CT molecular complexity index is 382. The number of anilines is 1.